The van der Waals surface area contributed by atoms with Gasteiger partial charge in [-0.1, -0.05) is 34.8 Å². The first-order valence-corrected chi connectivity index (χ1v) is 4.35. The molecule has 0 saturated carbocycles. The normalized spacial score (nSPS) is 11.8. The van der Waals surface area contributed by atoms with Crippen molar-refractivity contribution in [2.24, 2.45) is 4.99 Å². The number of halogens is 3. The van der Waals surface area contributed by atoms with Crippen molar-refractivity contribution in [2.75, 3.05) is 7.05 Å². The molecule has 0 radical (unpaired) electrons. The highest BCUT2D eigenvalue weighted by Crippen LogP contribution is 2.20. The first-order chi connectivity index (χ1) is 5.63. The summed E-state index contributed by atoms with van der Waals surface area (Å²) in [6.45, 7) is 0. The molecule has 0 atom stereocenters. The van der Waals surface area contributed by atoms with Gasteiger partial charge in [-0.05, 0) is 18.2 Å². The third-order valence-corrected chi connectivity index (χ3v) is 2.12. The monoisotopic (exact) mass is 221 g/mol. The van der Waals surface area contributed by atoms with Gasteiger partial charge in [0.25, 0.3) is 0 Å². The van der Waals surface area contributed by atoms with Gasteiger partial charge in [-0.15, -0.1) is 0 Å². The van der Waals surface area contributed by atoms with Gasteiger partial charge in [0.15, 0.2) is 0 Å². The summed E-state index contributed by atoms with van der Waals surface area (Å²) < 4.78 is 0. The molecule has 0 aliphatic rings. The van der Waals surface area contributed by atoms with Gasteiger partial charge >= 0.3 is 0 Å². The van der Waals surface area contributed by atoms with Crippen LogP contribution in [0.15, 0.2) is 23.2 Å². The zero-order valence-electron chi connectivity index (χ0n) is 6.31. The maximum absolute atomic E-state index is 5.77. The molecular weight excluding hydrogens is 216 g/mol. The lowest BCUT2D eigenvalue weighted by Crippen LogP contribution is -1.90. The van der Waals surface area contributed by atoms with Crippen LogP contribution in [0.3, 0.4) is 0 Å². The Labute approximate surface area is 86.0 Å². The van der Waals surface area contributed by atoms with E-state index in [2.05, 4.69) is 4.99 Å². The first-order valence-electron chi connectivity index (χ1n) is 3.22. The van der Waals surface area contributed by atoms with Crippen LogP contribution in [0.2, 0.25) is 10.0 Å². The number of aliphatic imine (C=N–C) groups is 1. The first kappa shape index (κ1) is 9.85. The molecule has 1 aromatic carbocycles. The molecule has 4 heteroatoms. The highest BCUT2D eigenvalue weighted by atomic mass is 35.5. The quantitative estimate of drug-likeness (QED) is 0.644. The second-order valence-electron chi connectivity index (χ2n) is 2.17. The summed E-state index contributed by atoms with van der Waals surface area (Å²) in [6.07, 6.45) is 0. The summed E-state index contributed by atoms with van der Waals surface area (Å²) in [7, 11) is 1.61. The van der Waals surface area contributed by atoms with E-state index in [1.54, 1.807) is 25.2 Å². The van der Waals surface area contributed by atoms with Crippen molar-refractivity contribution < 1.29 is 0 Å². The fraction of sp³-hybridized carbons (Fsp3) is 0.125. The highest BCUT2D eigenvalue weighted by molar-refractivity contribution is 6.69. The Morgan fingerprint density at radius 2 is 1.67 bits per heavy atom. The summed E-state index contributed by atoms with van der Waals surface area (Å²) >= 11 is 17.3. The number of benzene rings is 1. The van der Waals surface area contributed by atoms with E-state index in [0.717, 1.165) is 5.56 Å². The van der Waals surface area contributed by atoms with E-state index in [-0.39, 0.29) is 0 Å². The Morgan fingerprint density at radius 3 is 2.08 bits per heavy atom. The minimum Gasteiger partial charge on any atom is -0.276 e. The predicted molar refractivity (Wildman–Crippen MR) is 54.8 cm³/mol. The van der Waals surface area contributed by atoms with E-state index in [9.17, 15) is 0 Å². The van der Waals surface area contributed by atoms with Crippen LogP contribution in [0.4, 0.5) is 0 Å². The van der Waals surface area contributed by atoms with E-state index < -0.39 is 0 Å². The standard InChI is InChI=1S/C8H6Cl3N/c1-12-8(11)5-2-6(9)4-7(10)3-5/h2-4H,1H3/b12-8-. The number of hydrogen-bond donors (Lipinski definition) is 0. The van der Waals surface area contributed by atoms with Crippen molar-refractivity contribution in [1.82, 2.24) is 0 Å². The Morgan fingerprint density at radius 1 is 1.17 bits per heavy atom. The fourth-order valence-corrected chi connectivity index (χ4v) is 1.44. The molecule has 0 heterocycles. The average molecular weight is 223 g/mol. The maximum atomic E-state index is 5.77. The molecule has 0 saturated heterocycles. The van der Waals surface area contributed by atoms with E-state index >= 15 is 0 Å². The van der Waals surface area contributed by atoms with Gasteiger partial charge in [0.05, 0.1) is 0 Å². The molecule has 64 valence electrons. The molecule has 1 rings (SSSR count). The third-order valence-electron chi connectivity index (χ3n) is 1.30. The van der Waals surface area contributed by atoms with Crippen LogP contribution in [-0.4, -0.2) is 12.2 Å². The molecule has 1 nitrogen and oxygen atoms in total. The van der Waals surface area contributed by atoms with Crippen molar-refractivity contribution in [1.29, 1.82) is 0 Å². The molecule has 0 amide bonds. The summed E-state index contributed by atoms with van der Waals surface area (Å²) in [6, 6.07) is 5.07. The molecule has 0 aromatic heterocycles. The average Bonchev–Trinajstić information content (AvgIpc) is 2.01. The molecule has 0 spiro atoms. The summed E-state index contributed by atoms with van der Waals surface area (Å²) in [5.41, 5.74) is 0.733. The van der Waals surface area contributed by atoms with Gasteiger partial charge in [0.2, 0.25) is 0 Å². The van der Waals surface area contributed by atoms with Gasteiger partial charge in [-0.25, -0.2) is 0 Å². The molecule has 0 N–H and O–H groups in total. The van der Waals surface area contributed by atoms with Crippen molar-refractivity contribution in [3.63, 3.8) is 0 Å². The molecule has 0 bridgehead atoms. The second-order valence-corrected chi connectivity index (χ2v) is 3.40. The van der Waals surface area contributed by atoms with E-state index in [0.29, 0.717) is 15.2 Å². The molecule has 1 aromatic rings. The molecule has 0 aliphatic heterocycles. The molecular formula is C8H6Cl3N. The van der Waals surface area contributed by atoms with Crippen LogP contribution in [0.1, 0.15) is 5.56 Å². The summed E-state index contributed by atoms with van der Waals surface area (Å²) in [5.74, 6) is 0. The summed E-state index contributed by atoms with van der Waals surface area (Å²) in [4.78, 5) is 3.81. The molecule has 12 heavy (non-hydrogen) atoms. The maximum Gasteiger partial charge on any atom is 0.130 e. The smallest absolute Gasteiger partial charge is 0.130 e. The van der Waals surface area contributed by atoms with Crippen LogP contribution in [0, 0.1) is 0 Å². The minimum absolute atomic E-state index is 0.402. The zero-order chi connectivity index (χ0) is 9.14. The fourth-order valence-electron chi connectivity index (χ4n) is 0.802. The number of hydrogen-bond acceptors (Lipinski definition) is 1. The zero-order valence-corrected chi connectivity index (χ0v) is 8.58. The Hall–Kier alpha value is -0.240. The summed E-state index contributed by atoms with van der Waals surface area (Å²) in [5, 5.41) is 1.51. The van der Waals surface area contributed by atoms with E-state index in [1.165, 1.54) is 0 Å². The number of nitrogens with zero attached hydrogens (tertiary/aromatic N) is 1. The van der Waals surface area contributed by atoms with Crippen LogP contribution in [0.5, 0.6) is 0 Å². The lowest BCUT2D eigenvalue weighted by atomic mass is 10.2. The third kappa shape index (κ3) is 2.37. The lowest BCUT2D eigenvalue weighted by molar-refractivity contribution is 1.45. The Bertz CT molecular complexity index is 300. The molecule has 0 aliphatic carbocycles. The topological polar surface area (TPSA) is 12.4 Å². The number of rotatable bonds is 1. The molecule has 0 unspecified atom stereocenters. The van der Waals surface area contributed by atoms with Crippen molar-refractivity contribution in [3.05, 3.63) is 33.8 Å². The van der Waals surface area contributed by atoms with Gasteiger partial charge < -0.3 is 0 Å². The van der Waals surface area contributed by atoms with Gasteiger partial charge in [-0.2, -0.15) is 0 Å². The second kappa shape index (κ2) is 4.13. The minimum atomic E-state index is 0.402. The highest BCUT2D eigenvalue weighted by Gasteiger charge is 2.01. The van der Waals surface area contributed by atoms with Gasteiger partial charge in [0, 0.05) is 22.7 Å². The van der Waals surface area contributed by atoms with Gasteiger partial charge in [0.1, 0.15) is 5.17 Å². The van der Waals surface area contributed by atoms with Crippen LogP contribution in [0.25, 0.3) is 0 Å². The van der Waals surface area contributed by atoms with Crippen LogP contribution < -0.4 is 0 Å². The van der Waals surface area contributed by atoms with Crippen LogP contribution >= 0.6 is 34.8 Å². The Kier molecular flexibility index (Phi) is 3.39. The van der Waals surface area contributed by atoms with Crippen molar-refractivity contribution in [2.45, 2.75) is 0 Å². The van der Waals surface area contributed by atoms with Crippen LogP contribution in [-0.2, 0) is 0 Å². The van der Waals surface area contributed by atoms with E-state index in [1.807, 2.05) is 0 Å². The SMILES string of the molecule is C/N=C(\Cl)c1cc(Cl)cc(Cl)c1. The van der Waals surface area contributed by atoms with E-state index in [4.69, 9.17) is 34.8 Å². The Balaban J connectivity index is 3.17. The lowest BCUT2D eigenvalue weighted by Gasteiger charge is -1.99. The largest absolute Gasteiger partial charge is 0.276 e. The van der Waals surface area contributed by atoms with Gasteiger partial charge in [-0.3, -0.25) is 4.99 Å². The predicted octanol–water partition coefficient (Wildman–Crippen LogP) is 3.61. The van der Waals surface area contributed by atoms with Crippen molar-refractivity contribution >= 4 is 40.0 Å². The molecule has 0 fully saturated rings. The van der Waals surface area contributed by atoms with Crippen molar-refractivity contribution in [3.8, 4) is 0 Å².